The maximum atomic E-state index is 13.7. The minimum Gasteiger partial charge on any atom is -0.493 e. The van der Waals surface area contributed by atoms with E-state index in [1.165, 1.54) is 12.1 Å². The van der Waals surface area contributed by atoms with E-state index in [1.54, 1.807) is 18.2 Å². The second kappa shape index (κ2) is 4.39. The lowest BCUT2D eigenvalue weighted by atomic mass is 10.00. The maximum Gasteiger partial charge on any atom is 0.195 e. The van der Waals surface area contributed by atoms with Crippen molar-refractivity contribution in [2.45, 2.75) is 6.42 Å². The van der Waals surface area contributed by atoms with Crippen LogP contribution in [0, 0.1) is 5.82 Å². The van der Waals surface area contributed by atoms with Crippen LogP contribution in [0.1, 0.15) is 21.5 Å². The van der Waals surface area contributed by atoms with Crippen LogP contribution in [0.2, 0.25) is 0 Å². The first-order chi connectivity index (χ1) is 9.15. The third-order valence-corrected chi connectivity index (χ3v) is 3.19. The third-order valence-electron chi connectivity index (χ3n) is 3.19. The van der Waals surface area contributed by atoms with E-state index in [-0.39, 0.29) is 11.3 Å². The number of nitrogen functional groups attached to an aromatic ring is 1. The molecule has 3 rings (SSSR count). The number of carbonyl (C=O) groups excluding carboxylic acids is 1. The van der Waals surface area contributed by atoms with Crippen LogP contribution in [-0.4, -0.2) is 12.4 Å². The van der Waals surface area contributed by atoms with Crippen LogP contribution in [0.15, 0.2) is 36.4 Å². The lowest BCUT2D eigenvalue weighted by Crippen LogP contribution is -2.05. The van der Waals surface area contributed by atoms with E-state index in [9.17, 15) is 9.18 Å². The standard InChI is InChI=1S/C15H12FNO2/c16-13-8-11(17)2-3-12(13)15(18)10-1-4-14-9(7-10)5-6-19-14/h1-4,7-8H,5-6,17H2. The van der Waals surface area contributed by atoms with Crippen molar-refractivity contribution in [1.82, 2.24) is 0 Å². The monoisotopic (exact) mass is 257 g/mol. The number of benzene rings is 2. The van der Waals surface area contributed by atoms with Crippen molar-refractivity contribution < 1.29 is 13.9 Å². The Balaban J connectivity index is 2.00. The highest BCUT2D eigenvalue weighted by Gasteiger charge is 2.18. The molecule has 96 valence electrons. The molecule has 0 radical (unpaired) electrons. The lowest BCUT2D eigenvalue weighted by molar-refractivity contribution is 0.103. The predicted molar refractivity (Wildman–Crippen MR) is 69.9 cm³/mol. The minimum absolute atomic E-state index is 0.0352. The van der Waals surface area contributed by atoms with Gasteiger partial charge < -0.3 is 10.5 Å². The smallest absolute Gasteiger partial charge is 0.195 e. The number of halogens is 1. The average Bonchev–Trinajstić information content (AvgIpc) is 2.85. The lowest BCUT2D eigenvalue weighted by Gasteiger charge is -2.05. The Kier molecular flexibility index (Phi) is 2.71. The summed E-state index contributed by atoms with van der Waals surface area (Å²) >= 11 is 0. The van der Waals surface area contributed by atoms with Crippen molar-refractivity contribution in [1.29, 1.82) is 0 Å². The van der Waals surface area contributed by atoms with Gasteiger partial charge >= 0.3 is 0 Å². The summed E-state index contributed by atoms with van der Waals surface area (Å²) in [4.78, 5) is 12.3. The van der Waals surface area contributed by atoms with Gasteiger partial charge in [0.1, 0.15) is 11.6 Å². The number of hydrogen-bond donors (Lipinski definition) is 1. The number of anilines is 1. The topological polar surface area (TPSA) is 52.3 Å². The fraction of sp³-hybridized carbons (Fsp3) is 0.133. The molecule has 0 saturated heterocycles. The Hall–Kier alpha value is -2.36. The maximum absolute atomic E-state index is 13.7. The molecule has 0 unspecified atom stereocenters. The number of ether oxygens (including phenoxy) is 1. The largest absolute Gasteiger partial charge is 0.493 e. The van der Waals surface area contributed by atoms with Gasteiger partial charge in [-0.05, 0) is 42.0 Å². The van der Waals surface area contributed by atoms with E-state index in [0.29, 0.717) is 17.9 Å². The highest BCUT2D eigenvalue weighted by molar-refractivity contribution is 6.09. The molecular formula is C15H12FNO2. The predicted octanol–water partition coefficient (Wildman–Crippen LogP) is 2.57. The molecule has 4 heteroatoms. The quantitative estimate of drug-likeness (QED) is 0.664. The zero-order valence-corrected chi connectivity index (χ0v) is 10.2. The highest BCUT2D eigenvalue weighted by atomic mass is 19.1. The van der Waals surface area contributed by atoms with Crippen molar-refractivity contribution >= 4 is 11.5 Å². The van der Waals surface area contributed by atoms with Gasteiger partial charge in [0, 0.05) is 17.7 Å². The summed E-state index contributed by atoms with van der Waals surface area (Å²) in [6, 6.07) is 9.26. The molecule has 3 nitrogen and oxygen atoms in total. The van der Waals surface area contributed by atoms with Gasteiger partial charge in [-0.3, -0.25) is 4.79 Å². The summed E-state index contributed by atoms with van der Waals surface area (Å²) < 4.78 is 19.1. The van der Waals surface area contributed by atoms with Crippen LogP contribution in [-0.2, 0) is 6.42 Å². The van der Waals surface area contributed by atoms with Gasteiger partial charge in [0.05, 0.1) is 12.2 Å². The molecule has 0 saturated carbocycles. The van der Waals surface area contributed by atoms with E-state index in [0.717, 1.165) is 23.8 Å². The molecule has 1 aliphatic rings. The molecule has 0 aliphatic carbocycles. The van der Waals surface area contributed by atoms with Gasteiger partial charge in [-0.15, -0.1) is 0 Å². The molecule has 19 heavy (non-hydrogen) atoms. The second-order valence-corrected chi connectivity index (χ2v) is 4.49. The molecule has 0 aromatic heterocycles. The van der Waals surface area contributed by atoms with Gasteiger partial charge in [-0.25, -0.2) is 4.39 Å². The molecule has 0 amide bonds. The van der Waals surface area contributed by atoms with Gasteiger partial charge in [-0.1, -0.05) is 0 Å². The van der Waals surface area contributed by atoms with Crippen LogP contribution >= 0.6 is 0 Å². The zero-order valence-electron chi connectivity index (χ0n) is 10.2. The van der Waals surface area contributed by atoms with E-state index < -0.39 is 5.82 Å². The van der Waals surface area contributed by atoms with Crippen molar-refractivity contribution in [2.75, 3.05) is 12.3 Å². The third kappa shape index (κ3) is 2.05. The summed E-state index contributed by atoms with van der Waals surface area (Å²) in [6.45, 7) is 0.628. The summed E-state index contributed by atoms with van der Waals surface area (Å²) in [5, 5.41) is 0. The first kappa shape index (κ1) is 11.7. The first-order valence-corrected chi connectivity index (χ1v) is 6.00. The number of hydrogen-bond acceptors (Lipinski definition) is 3. The summed E-state index contributed by atoms with van der Waals surface area (Å²) in [6.07, 6.45) is 0.778. The Morgan fingerprint density at radius 1 is 1.21 bits per heavy atom. The van der Waals surface area contributed by atoms with E-state index in [4.69, 9.17) is 10.5 Å². The molecule has 2 aromatic rings. The second-order valence-electron chi connectivity index (χ2n) is 4.49. The van der Waals surface area contributed by atoms with Crippen LogP contribution in [0.25, 0.3) is 0 Å². The molecule has 0 fully saturated rings. The Morgan fingerprint density at radius 3 is 2.84 bits per heavy atom. The van der Waals surface area contributed by atoms with Crippen molar-refractivity contribution in [2.24, 2.45) is 0 Å². The molecule has 1 heterocycles. The molecule has 2 N–H and O–H groups in total. The Morgan fingerprint density at radius 2 is 2.05 bits per heavy atom. The summed E-state index contributed by atoms with van der Waals surface area (Å²) in [5.74, 6) is -0.136. The van der Waals surface area contributed by atoms with Crippen molar-refractivity contribution in [3.63, 3.8) is 0 Å². The van der Waals surface area contributed by atoms with E-state index in [2.05, 4.69) is 0 Å². The number of ketones is 1. The van der Waals surface area contributed by atoms with E-state index in [1.807, 2.05) is 0 Å². The van der Waals surface area contributed by atoms with Gasteiger partial charge in [0.2, 0.25) is 0 Å². The van der Waals surface area contributed by atoms with Crippen LogP contribution in [0.5, 0.6) is 5.75 Å². The van der Waals surface area contributed by atoms with Crippen LogP contribution in [0.3, 0.4) is 0 Å². The summed E-state index contributed by atoms with van der Waals surface area (Å²) in [7, 11) is 0. The number of rotatable bonds is 2. The van der Waals surface area contributed by atoms with Gasteiger partial charge in [-0.2, -0.15) is 0 Å². The van der Waals surface area contributed by atoms with Crippen molar-refractivity contribution in [3.8, 4) is 5.75 Å². The fourth-order valence-electron chi connectivity index (χ4n) is 2.20. The summed E-state index contributed by atoms with van der Waals surface area (Å²) in [5.41, 5.74) is 7.26. The number of nitrogens with two attached hydrogens (primary N) is 1. The minimum atomic E-state index is -0.596. The first-order valence-electron chi connectivity index (χ1n) is 6.00. The molecule has 2 aromatic carbocycles. The molecule has 0 spiro atoms. The Bertz CT molecular complexity index is 667. The Labute approximate surface area is 109 Å². The fourth-order valence-corrected chi connectivity index (χ4v) is 2.20. The molecular weight excluding hydrogens is 245 g/mol. The average molecular weight is 257 g/mol. The van der Waals surface area contributed by atoms with Crippen LogP contribution < -0.4 is 10.5 Å². The zero-order chi connectivity index (χ0) is 13.4. The number of carbonyl (C=O) groups is 1. The normalized spacial score (nSPS) is 12.9. The van der Waals surface area contributed by atoms with E-state index >= 15 is 0 Å². The molecule has 0 bridgehead atoms. The van der Waals surface area contributed by atoms with Crippen LogP contribution in [0.4, 0.5) is 10.1 Å². The highest BCUT2D eigenvalue weighted by Crippen LogP contribution is 2.27. The van der Waals surface area contributed by atoms with Gasteiger partial charge in [0.25, 0.3) is 0 Å². The molecule has 0 atom stereocenters. The SMILES string of the molecule is Nc1ccc(C(=O)c2ccc3c(c2)CCO3)c(F)c1. The van der Waals surface area contributed by atoms with Gasteiger partial charge in [0.15, 0.2) is 5.78 Å². The van der Waals surface area contributed by atoms with Crippen molar-refractivity contribution in [3.05, 3.63) is 58.9 Å². The molecule has 1 aliphatic heterocycles. The number of fused-ring (bicyclic) bond motifs is 1.